The van der Waals surface area contributed by atoms with Crippen LogP contribution in [0.4, 0.5) is 10.1 Å². The third-order valence-electron chi connectivity index (χ3n) is 5.33. The zero-order valence-corrected chi connectivity index (χ0v) is 14.1. The first kappa shape index (κ1) is 15.3. The minimum atomic E-state index is -0.272. The molecular formula is C22H17FN2O. The average molecular weight is 344 g/mol. The molecule has 2 aliphatic rings. The van der Waals surface area contributed by atoms with Gasteiger partial charge < -0.3 is 5.32 Å². The SMILES string of the molecule is O=C1CCCC2=C1C(c1ccc(F)cc1)Nc1ccc3ncccc3c12. The zero-order valence-electron chi connectivity index (χ0n) is 14.1. The van der Waals surface area contributed by atoms with Gasteiger partial charge in [-0.2, -0.15) is 0 Å². The van der Waals surface area contributed by atoms with Gasteiger partial charge in [0.2, 0.25) is 0 Å². The monoisotopic (exact) mass is 344 g/mol. The van der Waals surface area contributed by atoms with E-state index >= 15 is 0 Å². The second kappa shape index (κ2) is 5.77. The molecule has 0 spiro atoms. The highest BCUT2D eigenvalue weighted by atomic mass is 19.1. The molecular weight excluding hydrogens is 327 g/mol. The Kier molecular flexibility index (Phi) is 3.38. The van der Waals surface area contributed by atoms with Crippen molar-refractivity contribution in [2.24, 2.45) is 0 Å². The predicted molar refractivity (Wildman–Crippen MR) is 100 cm³/mol. The van der Waals surface area contributed by atoms with E-state index in [1.54, 1.807) is 18.3 Å². The molecule has 3 aromatic rings. The lowest BCUT2D eigenvalue weighted by Crippen LogP contribution is -2.27. The molecule has 3 nitrogen and oxygen atoms in total. The molecule has 1 aliphatic heterocycles. The highest BCUT2D eigenvalue weighted by Gasteiger charge is 2.34. The summed E-state index contributed by atoms with van der Waals surface area (Å²) in [4.78, 5) is 17.3. The van der Waals surface area contributed by atoms with E-state index in [-0.39, 0.29) is 17.6 Å². The first-order valence-corrected chi connectivity index (χ1v) is 8.89. The maximum absolute atomic E-state index is 13.4. The van der Waals surface area contributed by atoms with Gasteiger partial charge >= 0.3 is 0 Å². The lowest BCUT2D eigenvalue weighted by atomic mass is 9.77. The molecule has 1 aromatic heterocycles. The number of carbonyl (C=O) groups is 1. The number of hydrogen-bond acceptors (Lipinski definition) is 3. The van der Waals surface area contributed by atoms with Gasteiger partial charge in [0.15, 0.2) is 5.78 Å². The summed E-state index contributed by atoms with van der Waals surface area (Å²) >= 11 is 0. The molecule has 0 amide bonds. The minimum absolute atomic E-state index is 0.180. The second-order valence-corrected chi connectivity index (χ2v) is 6.86. The van der Waals surface area contributed by atoms with Crippen LogP contribution in [0.15, 0.2) is 60.3 Å². The fourth-order valence-corrected chi connectivity index (χ4v) is 4.19. The van der Waals surface area contributed by atoms with Crippen LogP contribution in [0, 0.1) is 5.82 Å². The number of nitrogens with zero attached hydrogens (tertiary/aromatic N) is 1. The number of anilines is 1. The van der Waals surface area contributed by atoms with Gasteiger partial charge in [0.25, 0.3) is 0 Å². The van der Waals surface area contributed by atoms with Crippen LogP contribution < -0.4 is 5.32 Å². The number of hydrogen-bond donors (Lipinski definition) is 1. The Morgan fingerprint density at radius 2 is 1.88 bits per heavy atom. The second-order valence-electron chi connectivity index (χ2n) is 6.86. The van der Waals surface area contributed by atoms with Crippen LogP contribution in [0.1, 0.15) is 36.4 Å². The van der Waals surface area contributed by atoms with Crippen molar-refractivity contribution in [2.45, 2.75) is 25.3 Å². The van der Waals surface area contributed by atoms with E-state index in [0.29, 0.717) is 6.42 Å². The number of fused-ring (bicyclic) bond motifs is 4. The molecule has 5 rings (SSSR count). The molecule has 1 unspecified atom stereocenters. The first-order valence-electron chi connectivity index (χ1n) is 8.89. The fourth-order valence-electron chi connectivity index (χ4n) is 4.19. The third-order valence-corrected chi connectivity index (χ3v) is 5.33. The number of allylic oxidation sites excluding steroid dienone is 1. The van der Waals surface area contributed by atoms with Crippen molar-refractivity contribution in [1.29, 1.82) is 0 Å². The summed E-state index contributed by atoms with van der Waals surface area (Å²) < 4.78 is 13.4. The summed E-state index contributed by atoms with van der Waals surface area (Å²) in [7, 11) is 0. The summed E-state index contributed by atoms with van der Waals surface area (Å²) in [5.74, 6) is -0.0918. The molecule has 0 saturated heterocycles. The van der Waals surface area contributed by atoms with Crippen LogP contribution >= 0.6 is 0 Å². The number of Topliss-reactive ketones (excluding diaryl/α,β-unsaturated/α-hetero) is 1. The van der Waals surface area contributed by atoms with Crippen LogP contribution in [-0.4, -0.2) is 10.8 Å². The zero-order chi connectivity index (χ0) is 17.7. The van der Waals surface area contributed by atoms with E-state index in [4.69, 9.17) is 0 Å². The van der Waals surface area contributed by atoms with E-state index in [2.05, 4.69) is 16.4 Å². The molecule has 1 aliphatic carbocycles. The van der Waals surface area contributed by atoms with Crippen molar-refractivity contribution < 1.29 is 9.18 Å². The molecule has 0 fully saturated rings. The summed E-state index contributed by atoms with van der Waals surface area (Å²) in [5, 5.41) is 4.59. The maximum atomic E-state index is 13.4. The van der Waals surface area contributed by atoms with Gasteiger partial charge in [-0.05, 0) is 54.3 Å². The van der Waals surface area contributed by atoms with Gasteiger partial charge in [-0.15, -0.1) is 0 Å². The molecule has 128 valence electrons. The summed E-state index contributed by atoms with van der Waals surface area (Å²) in [6, 6.07) is 14.2. The fraction of sp³-hybridized carbons (Fsp3) is 0.182. The molecule has 2 aromatic carbocycles. The highest BCUT2D eigenvalue weighted by molar-refractivity contribution is 6.12. The number of rotatable bonds is 1. The Labute approximate surface area is 150 Å². The van der Waals surface area contributed by atoms with Crippen molar-refractivity contribution in [1.82, 2.24) is 4.98 Å². The largest absolute Gasteiger partial charge is 0.373 e. The van der Waals surface area contributed by atoms with Gasteiger partial charge in [-0.3, -0.25) is 9.78 Å². The first-order chi connectivity index (χ1) is 12.7. The van der Waals surface area contributed by atoms with Gasteiger partial charge in [-0.1, -0.05) is 18.2 Å². The van der Waals surface area contributed by atoms with Gasteiger partial charge in [0, 0.05) is 34.8 Å². The molecule has 2 heterocycles. The average Bonchev–Trinajstić information content (AvgIpc) is 2.68. The third kappa shape index (κ3) is 2.25. The molecule has 1 N–H and O–H groups in total. The van der Waals surface area contributed by atoms with Crippen molar-refractivity contribution in [3.05, 3.63) is 77.2 Å². The van der Waals surface area contributed by atoms with E-state index in [1.807, 2.05) is 18.2 Å². The van der Waals surface area contributed by atoms with Crippen LogP contribution in [0.5, 0.6) is 0 Å². The smallest absolute Gasteiger partial charge is 0.161 e. The number of halogens is 1. The number of ketones is 1. The molecule has 4 heteroatoms. The molecule has 26 heavy (non-hydrogen) atoms. The number of aromatic nitrogens is 1. The van der Waals surface area contributed by atoms with Crippen LogP contribution in [0.2, 0.25) is 0 Å². The topological polar surface area (TPSA) is 42.0 Å². The maximum Gasteiger partial charge on any atom is 0.161 e. The number of nitrogens with one attached hydrogen (secondary N) is 1. The normalized spacial score (nSPS) is 19.1. The number of pyridine rings is 1. The summed E-state index contributed by atoms with van der Waals surface area (Å²) in [6.07, 6.45) is 4.09. The standard InChI is InChI=1S/C22H17FN2O/c23-14-8-6-13(7-9-14)22-21-16(3-1-5-19(21)26)20-15-4-2-12-24-17(15)10-11-18(20)25-22/h2,4,6-12,22,25H,1,3,5H2. The van der Waals surface area contributed by atoms with Gasteiger partial charge in [-0.25, -0.2) is 4.39 Å². The Hall–Kier alpha value is -3.01. The molecule has 0 saturated carbocycles. The Bertz CT molecular complexity index is 1070. The lowest BCUT2D eigenvalue weighted by molar-refractivity contribution is -0.116. The summed E-state index contributed by atoms with van der Waals surface area (Å²) in [6.45, 7) is 0. The molecule has 0 bridgehead atoms. The summed E-state index contributed by atoms with van der Waals surface area (Å²) in [5.41, 5.74) is 5.88. The molecule has 1 atom stereocenters. The Balaban J connectivity index is 1.78. The Morgan fingerprint density at radius 3 is 2.73 bits per heavy atom. The van der Waals surface area contributed by atoms with Crippen molar-refractivity contribution in [3.63, 3.8) is 0 Å². The predicted octanol–water partition coefficient (Wildman–Crippen LogP) is 5.05. The minimum Gasteiger partial charge on any atom is -0.373 e. The van der Waals surface area contributed by atoms with Crippen LogP contribution in [-0.2, 0) is 4.79 Å². The van der Waals surface area contributed by atoms with E-state index < -0.39 is 0 Å². The number of carbonyl (C=O) groups excluding carboxylic acids is 1. The number of benzene rings is 2. The van der Waals surface area contributed by atoms with Crippen molar-refractivity contribution in [3.8, 4) is 0 Å². The highest BCUT2D eigenvalue weighted by Crippen LogP contribution is 2.47. The van der Waals surface area contributed by atoms with E-state index in [0.717, 1.165) is 51.7 Å². The van der Waals surface area contributed by atoms with Gasteiger partial charge in [0.1, 0.15) is 5.82 Å². The van der Waals surface area contributed by atoms with Crippen LogP contribution in [0.3, 0.4) is 0 Å². The van der Waals surface area contributed by atoms with Crippen molar-refractivity contribution >= 4 is 27.9 Å². The van der Waals surface area contributed by atoms with E-state index in [9.17, 15) is 9.18 Å². The Morgan fingerprint density at radius 1 is 1.04 bits per heavy atom. The van der Waals surface area contributed by atoms with Crippen molar-refractivity contribution in [2.75, 3.05) is 5.32 Å². The molecule has 0 radical (unpaired) electrons. The lowest BCUT2D eigenvalue weighted by Gasteiger charge is -2.35. The van der Waals surface area contributed by atoms with Crippen LogP contribution in [0.25, 0.3) is 16.5 Å². The van der Waals surface area contributed by atoms with Gasteiger partial charge in [0.05, 0.1) is 11.6 Å². The van der Waals surface area contributed by atoms with E-state index in [1.165, 1.54) is 12.1 Å². The quantitative estimate of drug-likeness (QED) is 0.672.